The van der Waals surface area contributed by atoms with Gasteiger partial charge >= 0.3 is 5.97 Å². The van der Waals surface area contributed by atoms with E-state index in [0.29, 0.717) is 17.2 Å². The van der Waals surface area contributed by atoms with Crippen molar-refractivity contribution < 1.29 is 14.6 Å². The number of aliphatic hydroxyl groups is 1. The molecule has 0 saturated heterocycles. The fourth-order valence-electron chi connectivity index (χ4n) is 1.02. The third-order valence-electron chi connectivity index (χ3n) is 1.69. The van der Waals surface area contributed by atoms with Gasteiger partial charge in [0.25, 0.3) is 0 Å². The van der Waals surface area contributed by atoms with Crippen LogP contribution in [0.4, 0.5) is 0 Å². The number of esters is 1. The Kier molecular flexibility index (Phi) is 5.14. The second-order valence-corrected chi connectivity index (χ2v) is 3.89. The highest BCUT2D eigenvalue weighted by Gasteiger charge is 2.06. The van der Waals surface area contributed by atoms with Gasteiger partial charge in [-0.05, 0) is 12.1 Å². The number of pyridine rings is 1. The van der Waals surface area contributed by atoms with Gasteiger partial charge in [0.1, 0.15) is 5.69 Å². The molecule has 0 aliphatic heterocycles. The Bertz CT molecular complexity index is 330. The summed E-state index contributed by atoms with van der Waals surface area (Å²) in [6.45, 7) is 0.154. The second-order valence-electron chi connectivity index (χ2n) is 2.78. The molecule has 1 heterocycles. The smallest absolute Gasteiger partial charge is 0.356 e. The third kappa shape index (κ3) is 3.89. The molecule has 0 fully saturated rings. The minimum absolute atomic E-state index is 0.154. The zero-order valence-electron chi connectivity index (χ0n) is 8.47. The quantitative estimate of drug-likeness (QED) is 0.603. The molecule has 0 bridgehead atoms. The van der Waals surface area contributed by atoms with Crippen LogP contribution in [0.2, 0.25) is 0 Å². The van der Waals surface area contributed by atoms with Gasteiger partial charge in [-0.1, -0.05) is 6.07 Å². The standard InChI is InChI=1S/C10H13NO3S/c1-14-10(13)9-4-2-3-8(11-9)7-15-6-5-12/h2-4,12H,5-7H2,1H3. The SMILES string of the molecule is COC(=O)c1cccc(CSCCO)n1. The molecule has 4 nitrogen and oxygen atoms in total. The van der Waals surface area contributed by atoms with E-state index in [1.165, 1.54) is 7.11 Å². The summed E-state index contributed by atoms with van der Waals surface area (Å²) in [7, 11) is 1.33. The number of carbonyl (C=O) groups excluding carboxylic acids is 1. The Morgan fingerprint density at radius 1 is 1.60 bits per heavy atom. The number of hydrogen-bond donors (Lipinski definition) is 1. The van der Waals surface area contributed by atoms with E-state index in [-0.39, 0.29) is 6.61 Å². The van der Waals surface area contributed by atoms with E-state index >= 15 is 0 Å². The molecule has 1 rings (SSSR count). The maximum atomic E-state index is 11.2. The summed E-state index contributed by atoms with van der Waals surface area (Å²) < 4.78 is 4.57. The topological polar surface area (TPSA) is 59.4 Å². The lowest BCUT2D eigenvalue weighted by Gasteiger charge is -2.02. The summed E-state index contributed by atoms with van der Waals surface area (Å²) in [5.74, 6) is 0.930. The fourth-order valence-corrected chi connectivity index (χ4v) is 1.66. The van der Waals surface area contributed by atoms with Gasteiger partial charge in [-0.25, -0.2) is 9.78 Å². The fraction of sp³-hybridized carbons (Fsp3) is 0.400. The molecule has 0 aliphatic rings. The van der Waals surface area contributed by atoms with Crippen LogP contribution in [0.5, 0.6) is 0 Å². The molecule has 0 radical (unpaired) electrons. The summed E-state index contributed by atoms with van der Waals surface area (Å²) in [4.78, 5) is 15.3. The molecule has 1 N–H and O–H groups in total. The minimum Gasteiger partial charge on any atom is -0.464 e. The maximum absolute atomic E-state index is 11.2. The van der Waals surface area contributed by atoms with Crippen molar-refractivity contribution in [3.8, 4) is 0 Å². The van der Waals surface area contributed by atoms with Crippen molar-refractivity contribution in [3.63, 3.8) is 0 Å². The molecule has 1 aromatic rings. The van der Waals surface area contributed by atoms with E-state index in [9.17, 15) is 4.79 Å². The van der Waals surface area contributed by atoms with Crippen LogP contribution >= 0.6 is 11.8 Å². The Balaban J connectivity index is 2.62. The first-order valence-corrected chi connectivity index (χ1v) is 5.66. The van der Waals surface area contributed by atoms with Gasteiger partial charge in [-0.3, -0.25) is 0 Å². The molecule has 0 saturated carbocycles. The van der Waals surface area contributed by atoms with Crippen molar-refractivity contribution in [1.29, 1.82) is 0 Å². The lowest BCUT2D eigenvalue weighted by molar-refractivity contribution is 0.0594. The van der Waals surface area contributed by atoms with Crippen molar-refractivity contribution in [1.82, 2.24) is 4.98 Å². The third-order valence-corrected chi connectivity index (χ3v) is 2.66. The first kappa shape index (κ1) is 12.0. The van der Waals surface area contributed by atoms with Crippen LogP contribution in [0, 0.1) is 0 Å². The van der Waals surface area contributed by atoms with Gasteiger partial charge < -0.3 is 9.84 Å². The van der Waals surface area contributed by atoms with Gasteiger partial charge in [-0.15, -0.1) is 0 Å². The predicted octanol–water partition coefficient (Wildman–Crippen LogP) is 1.09. The molecular formula is C10H13NO3S. The number of methoxy groups -OCH3 is 1. The molecule has 82 valence electrons. The molecular weight excluding hydrogens is 214 g/mol. The molecule has 0 unspecified atom stereocenters. The van der Waals surface area contributed by atoms with Crippen molar-refractivity contribution in [3.05, 3.63) is 29.6 Å². The Hall–Kier alpha value is -1.07. The molecule has 1 aromatic heterocycles. The zero-order valence-corrected chi connectivity index (χ0v) is 9.29. The highest BCUT2D eigenvalue weighted by Crippen LogP contribution is 2.10. The minimum atomic E-state index is -0.427. The Morgan fingerprint density at radius 2 is 2.40 bits per heavy atom. The monoisotopic (exact) mass is 227 g/mol. The summed E-state index contributed by atoms with van der Waals surface area (Å²) in [6.07, 6.45) is 0. The number of rotatable bonds is 5. The summed E-state index contributed by atoms with van der Waals surface area (Å²) in [5, 5.41) is 8.61. The van der Waals surface area contributed by atoms with Crippen molar-refractivity contribution in [2.75, 3.05) is 19.5 Å². The van der Waals surface area contributed by atoms with Crippen LogP contribution < -0.4 is 0 Å². The lowest BCUT2D eigenvalue weighted by Crippen LogP contribution is -2.05. The van der Waals surface area contributed by atoms with E-state index in [0.717, 1.165) is 5.69 Å². The first-order valence-electron chi connectivity index (χ1n) is 4.50. The highest BCUT2D eigenvalue weighted by molar-refractivity contribution is 7.98. The Morgan fingerprint density at radius 3 is 3.07 bits per heavy atom. The van der Waals surface area contributed by atoms with Crippen LogP contribution in [0.15, 0.2) is 18.2 Å². The molecule has 0 amide bonds. The van der Waals surface area contributed by atoms with E-state index in [1.54, 1.807) is 23.9 Å². The second kappa shape index (κ2) is 6.42. The zero-order chi connectivity index (χ0) is 11.1. The van der Waals surface area contributed by atoms with E-state index in [4.69, 9.17) is 5.11 Å². The largest absolute Gasteiger partial charge is 0.464 e. The van der Waals surface area contributed by atoms with Crippen LogP contribution in [-0.2, 0) is 10.5 Å². The first-order chi connectivity index (χ1) is 7.27. The summed E-state index contributed by atoms with van der Waals surface area (Å²) in [6, 6.07) is 5.23. The number of hydrogen-bond acceptors (Lipinski definition) is 5. The average molecular weight is 227 g/mol. The molecule has 5 heteroatoms. The maximum Gasteiger partial charge on any atom is 0.356 e. The Labute approximate surface area is 92.7 Å². The molecule has 0 atom stereocenters. The number of ether oxygens (including phenoxy) is 1. The van der Waals surface area contributed by atoms with Gasteiger partial charge in [0.05, 0.1) is 19.4 Å². The van der Waals surface area contributed by atoms with Crippen molar-refractivity contribution in [2.45, 2.75) is 5.75 Å². The van der Waals surface area contributed by atoms with Gasteiger partial charge in [0.2, 0.25) is 0 Å². The normalized spacial score (nSPS) is 10.0. The van der Waals surface area contributed by atoms with Crippen LogP contribution in [-0.4, -0.2) is 35.5 Å². The number of aliphatic hydroxyl groups excluding tert-OH is 1. The molecule has 0 aliphatic carbocycles. The summed E-state index contributed by atoms with van der Waals surface area (Å²) in [5.41, 5.74) is 1.14. The average Bonchev–Trinajstić information content (AvgIpc) is 2.29. The van der Waals surface area contributed by atoms with E-state index < -0.39 is 5.97 Å². The molecule has 0 spiro atoms. The number of thioether (sulfide) groups is 1. The summed E-state index contributed by atoms with van der Waals surface area (Å²) >= 11 is 1.57. The van der Waals surface area contributed by atoms with Gasteiger partial charge in [0, 0.05) is 11.5 Å². The molecule has 0 aromatic carbocycles. The van der Waals surface area contributed by atoms with E-state index in [1.807, 2.05) is 6.07 Å². The lowest BCUT2D eigenvalue weighted by atomic mass is 10.3. The van der Waals surface area contributed by atoms with E-state index in [2.05, 4.69) is 9.72 Å². The van der Waals surface area contributed by atoms with Crippen molar-refractivity contribution in [2.24, 2.45) is 0 Å². The number of carbonyl (C=O) groups is 1. The van der Waals surface area contributed by atoms with Crippen LogP contribution in [0.25, 0.3) is 0 Å². The van der Waals surface area contributed by atoms with Crippen molar-refractivity contribution >= 4 is 17.7 Å². The highest BCUT2D eigenvalue weighted by atomic mass is 32.2. The van der Waals surface area contributed by atoms with Crippen LogP contribution in [0.1, 0.15) is 16.2 Å². The van der Waals surface area contributed by atoms with Crippen LogP contribution in [0.3, 0.4) is 0 Å². The number of nitrogens with zero attached hydrogens (tertiary/aromatic N) is 1. The molecule has 15 heavy (non-hydrogen) atoms. The van der Waals surface area contributed by atoms with Gasteiger partial charge in [0.15, 0.2) is 0 Å². The van der Waals surface area contributed by atoms with Gasteiger partial charge in [-0.2, -0.15) is 11.8 Å². The number of aromatic nitrogens is 1. The predicted molar refractivity (Wildman–Crippen MR) is 58.8 cm³/mol.